The second kappa shape index (κ2) is 19.6. The third kappa shape index (κ3) is 15.3. The van der Waals surface area contributed by atoms with Crippen LogP contribution >= 0.6 is 15.2 Å². The van der Waals surface area contributed by atoms with E-state index < -0.39 is 26.7 Å². The minimum Gasteiger partial charge on any atom is -0.412 e. The van der Waals surface area contributed by atoms with Crippen LogP contribution in [0, 0.1) is 0 Å². The van der Waals surface area contributed by atoms with Gasteiger partial charge in [-0.2, -0.15) is 0 Å². The van der Waals surface area contributed by atoms with E-state index in [0.29, 0.717) is 0 Å². The molecule has 0 aromatic heterocycles. The van der Waals surface area contributed by atoms with Gasteiger partial charge in [0, 0.05) is 109 Å². The molecule has 21 heavy (non-hydrogen) atoms. The molecular weight excluding hydrogens is 394 g/mol. The van der Waals surface area contributed by atoms with Gasteiger partial charge in [0.15, 0.2) is 0 Å². The zero-order chi connectivity index (χ0) is 11.6. The van der Waals surface area contributed by atoms with Crippen LogP contribution in [-0.4, -0.2) is 166 Å². The van der Waals surface area contributed by atoms with Gasteiger partial charge in [-0.3, -0.25) is 9.13 Å². The summed E-state index contributed by atoms with van der Waals surface area (Å²) >= 11 is 0. The predicted molar refractivity (Wildman–Crippen MR) is 76.9 cm³/mol. The molecule has 0 atom stereocenters. The van der Waals surface area contributed by atoms with Crippen molar-refractivity contribution >= 4 is 118 Å². The van der Waals surface area contributed by atoms with Crippen LogP contribution in [-0.2, 0) is 9.13 Å². The Morgan fingerprint density at radius 2 is 1.05 bits per heavy atom. The van der Waals surface area contributed by atoms with Crippen LogP contribution in [0.1, 0.15) is 12.8 Å². The van der Waals surface area contributed by atoms with Crippen LogP contribution in [0.25, 0.3) is 0 Å². The van der Waals surface area contributed by atoms with E-state index in [1.165, 1.54) is 0 Å². The topological polar surface area (TPSA) is 319 Å². The molecule has 0 saturated heterocycles. The minimum absolute atomic E-state index is 0. The summed E-state index contributed by atoms with van der Waals surface area (Å²) in [6.07, 6.45) is -0.856. The molecule has 2 radical (unpaired) electrons. The summed E-state index contributed by atoms with van der Waals surface area (Å²) in [5.41, 5.74) is 5.01. The van der Waals surface area contributed by atoms with Crippen LogP contribution in [0.3, 0.4) is 0 Å². The smallest absolute Gasteiger partial charge is 0.369 e. The van der Waals surface area contributed by atoms with Gasteiger partial charge >= 0.3 is 15.2 Å². The van der Waals surface area contributed by atoms with E-state index in [-0.39, 0.29) is 143 Å². The van der Waals surface area contributed by atoms with Gasteiger partial charge in [-0.25, -0.2) is 0 Å². The van der Waals surface area contributed by atoms with E-state index >= 15 is 0 Å². The SMILES string of the molecule is NCCCC(O)(P(=O)(O)O)P(=O)(O)O.O.O.O.O.O.[K].[K]. The van der Waals surface area contributed by atoms with Crippen molar-refractivity contribution in [1.29, 1.82) is 0 Å². The molecule has 0 aromatic carbocycles. The zero-order valence-electron chi connectivity index (χ0n) is 11.6. The van der Waals surface area contributed by atoms with Crippen molar-refractivity contribution in [1.82, 2.24) is 0 Å². The normalized spacial score (nSPS) is 9.62. The first kappa shape index (κ1) is 49.7. The molecule has 0 heterocycles. The molecule has 0 fully saturated rings. The zero-order valence-corrected chi connectivity index (χ0v) is 19.7. The van der Waals surface area contributed by atoms with Gasteiger partial charge in [0.05, 0.1) is 0 Å². The van der Waals surface area contributed by atoms with E-state index in [0.717, 1.165) is 0 Å². The third-order valence-corrected chi connectivity index (χ3v) is 5.53. The maximum atomic E-state index is 10.7. The monoisotopic (exact) mass is 417 g/mol. The fraction of sp³-hybridized carbons (Fsp3) is 1.00. The maximum Gasteiger partial charge on any atom is 0.369 e. The fourth-order valence-corrected chi connectivity index (χ4v) is 3.06. The van der Waals surface area contributed by atoms with E-state index in [1.54, 1.807) is 0 Å². The minimum atomic E-state index is -5.30. The number of hydrogen-bond acceptors (Lipinski definition) is 4. The molecule has 0 unspecified atom stereocenters. The average molecular weight is 417 g/mol. The summed E-state index contributed by atoms with van der Waals surface area (Å²) in [7, 11) is -10.6. The van der Waals surface area contributed by atoms with E-state index in [1.807, 2.05) is 0 Å². The molecule has 0 bridgehead atoms. The van der Waals surface area contributed by atoms with Crippen LogP contribution in [0.2, 0.25) is 0 Å². The second-order valence-corrected chi connectivity index (χ2v) is 6.76. The Kier molecular flexibility index (Phi) is 46.4. The number of hydrogen-bond donors (Lipinski definition) is 6. The van der Waals surface area contributed by atoms with Crippen molar-refractivity contribution in [3.8, 4) is 0 Å². The molecule has 17 heteroatoms. The summed E-state index contributed by atoms with van der Waals surface area (Å²) in [6.45, 7) is -0.0394. The van der Waals surface area contributed by atoms with Crippen LogP contribution in [0.15, 0.2) is 0 Å². The van der Waals surface area contributed by atoms with Crippen molar-refractivity contribution < 1.29 is 61.2 Å². The van der Waals surface area contributed by atoms with Gasteiger partial charge in [0.2, 0.25) is 0 Å². The molecule has 0 aliphatic heterocycles. The van der Waals surface area contributed by atoms with Gasteiger partial charge in [0.1, 0.15) is 0 Å². The summed E-state index contributed by atoms with van der Waals surface area (Å²) in [5, 5.41) is 5.91. The largest absolute Gasteiger partial charge is 0.412 e. The molecule has 17 N–H and O–H groups in total. The molecule has 0 rings (SSSR count). The first-order valence-electron chi connectivity index (χ1n) is 3.60. The van der Waals surface area contributed by atoms with Crippen molar-refractivity contribution in [3.63, 3.8) is 0 Å². The van der Waals surface area contributed by atoms with Crippen LogP contribution in [0.5, 0.6) is 0 Å². The molecule has 0 amide bonds. The predicted octanol–water partition coefficient (Wildman–Crippen LogP) is -6.16. The molecule has 13 nitrogen and oxygen atoms in total. The van der Waals surface area contributed by atoms with Gasteiger partial charge in [0.25, 0.3) is 5.08 Å². The average Bonchev–Trinajstić information content (AvgIpc) is 1.95. The Balaban J connectivity index is -0.0000000402. The van der Waals surface area contributed by atoms with Crippen molar-refractivity contribution in [2.45, 2.75) is 17.9 Å². The molecule has 0 aliphatic rings. The Morgan fingerprint density at radius 3 is 1.19 bits per heavy atom. The first-order chi connectivity index (χ1) is 6.06. The fourth-order valence-electron chi connectivity index (χ4n) is 0.800. The molecule has 0 aliphatic carbocycles. The number of nitrogens with two attached hydrogens (primary N) is 1. The Bertz CT molecular complexity index is 271. The molecule has 0 saturated carbocycles. The van der Waals surface area contributed by atoms with Crippen LogP contribution < -0.4 is 5.73 Å². The van der Waals surface area contributed by atoms with Crippen LogP contribution in [0.4, 0.5) is 0 Å². The second-order valence-electron chi connectivity index (χ2n) is 2.75. The van der Waals surface area contributed by atoms with E-state index in [4.69, 9.17) is 25.3 Å². The summed E-state index contributed by atoms with van der Waals surface area (Å²) < 4.78 is 21.4. The van der Waals surface area contributed by atoms with Gasteiger partial charge in [-0.1, -0.05) is 0 Å². The summed E-state index contributed by atoms with van der Waals surface area (Å²) in [6, 6.07) is 0. The van der Waals surface area contributed by atoms with Gasteiger partial charge in [-0.15, -0.1) is 0 Å². The van der Waals surface area contributed by atoms with E-state index in [2.05, 4.69) is 0 Å². The summed E-state index contributed by atoms with van der Waals surface area (Å²) in [5.74, 6) is 0. The molecular formula is C4H23K2NO12P2. The number of aliphatic hydroxyl groups is 1. The standard InChI is InChI=1S/C4H13NO7P2.2K.5H2O/c5-3-1-2-4(6,13(7,8)9)14(10,11)12;;;;;;;/h6H,1-3,5H2,(H2,7,8,9)(H2,10,11,12);;;5*1H2. The quantitative estimate of drug-likeness (QED) is 0.184. The number of rotatable bonds is 5. The van der Waals surface area contributed by atoms with Crippen molar-refractivity contribution in [2.75, 3.05) is 6.54 Å². The molecule has 0 spiro atoms. The molecule has 128 valence electrons. The van der Waals surface area contributed by atoms with Gasteiger partial charge < -0.3 is 57.8 Å². The van der Waals surface area contributed by atoms with Crippen molar-refractivity contribution in [2.24, 2.45) is 5.73 Å². The Labute approximate surface area is 205 Å². The maximum absolute atomic E-state index is 10.7. The molecule has 0 aromatic rings. The summed E-state index contributed by atoms with van der Waals surface area (Å²) in [4.78, 5) is 34.5. The van der Waals surface area contributed by atoms with Gasteiger partial charge in [-0.05, 0) is 13.0 Å². The third-order valence-electron chi connectivity index (χ3n) is 1.65. The van der Waals surface area contributed by atoms with E-state index in [9.17, 15) is 14.2 Å². The first-order valence-corrected chi connectivity index (χ1v) is 6.82. The van der Waals surface area contributed by atoms with Crippen molar-refractivity contribution in [3.05, 3.63) is 0 Å². The Hall–Kier alpha value is 3.29. The Morgan fingerprint density at radius 1 is 0.810 bits per heavy atom.